The summed E-state index contributed by atoms with van der Waals surface area (Å²) in [5.74, 6) is -0.0595. The van der Waals surface area contributed by atoms with E-state index in [4.69, 9.17) is 4.74 Å². The van der Waals surface area contributed by atoms with Gasteiger partial charge in [-0.05, 0) is 56.9 Å². The zero-order valence-corrected chi connectivity index (χ0v) is 14.8. The number of Topliss-reactive ketones (excluding diaryl/α,β-unsaturated/α-hetero) is 1. The van der Waals surface area contributed by atoms with Gasteiger partial charge >= 0.3 is 0 Å². The molecule has 0 bridgehead atoms. The third-order valence-electron chi connectivity index (χ3n) is 4.63. The van der Waals surface area contributed by atoms with Crippen molar-refractivity contribution in [1.82, 2.24) is 5.32 Å². The number of ether oxygens (including phenoxy) is 1. The van der Waals surface area contributed by atoms with Crippen LogP contribution in [-0.4, -0.2) is 37.9 Å². The van der Waals surface area contributed by atoms with E-state index in [0.29, 0.717) is 37.2 Å². The van der Waals surface area contributed by atoms with Crippen molar-refractivity contribution in [3.63, 3.8) is 0 Å². The molecular formula is C19H26N2O4. The predicted octanol–water partition coefficient (Wildman–Crippen LogP) is 2.40. The highest BCUT2D eigenvalue weighted by Gasteiger charge is 2.29. The van der Waals surface area contributed by atoms with Crippen LogP contribution < -0.4 is 10.6 Å². The lowest BCUT2D eigenvalue weighted by atomic mass is 9.81. The van der Waals surface area contributed by atoms with Crippen LogP contribution >= 0.6 is 0 Å². The maximum Gasteiger partial charge on any atom is 0.227 e. The smallest absolute Gasteiger partial charge is 0.227 e. The van der Waals surface area contributed by atoms with E-state index in [1.54, 1.807) is 31.4 Å². The van der Waals surface area contributed by atoms with E-state index in [2.05, 4.69) is 10.6 Å². The molecule has 1 saturated carbocycles. The molecule has 1 aliphatic rings. The van der Waals surface area contributed by atoms with E-state index < -0.39 is 0 Å². The van der Waals surface area contributed by atoms with E-state index >= 15 is 0 Å². The Kier molecular flexibility index (Phi) is 7.13. The number of ketones is 1. The second-order valence-electron chi connectivity index (χ2n) is 6.46. The van der Waals surface area contributed by atoms with E-state index in [9.17, 15) is 14.4 Å². The molecule has 1 aliphatic carbocycles. The van der Waals surface area contributed by atoms with E-state index in [1.807, 2.05) is 0 Å². The minimum absolute atomic E-state index is 0.0000234. The van der Waals surface area contributed by atoms with E-state index in [0.717, 1.165) is 12.8 Å². The van der Waals surface area contributed by atoms with Gasteiger partial charge in [-0.2, -0.15) is 0 Å². The van der Waals surface area contributed by atoms with Crippen molar-refractivity contribution in [2.75, 3.05) is 25.6 Å². The average molecular weight is 346 g/mol. The molecule has 0 saturated heterocycles. The molecule has 1 fully saturated rings. The Labute approximate surface area is 148 Å². The highest BCUT2D eigenvalue weighted by molar-refractivity contribution is 5.96. The van der Waals surface area contributed by atoms with Crippen LogP contribution in [0, 0.1) is 11.8 Å². The monoisotopic (exact) mass is 346 g/mol. The van der Waals surface area contributed by atoms with E-state index in [1.165, 1.54) is 6.92 Å². The number of anilines is 1. The first-order chi connectivity index (χ1) is 12.0. The molecule has 1 aromatic carbocycles. The summed E-state index contributed by atoms with van der Waals surface area (Å²) in [6.07, 6.45) is 2.86. The second kappa shape index (κ2) is 9.32. The molecule has 1 aromatic rings. The van der Waals surface area contributed by atoms with Crippen molar-refractivity contribution in [2.24, 2.45) is 11.8 Å². The lowest BCUT2D eigenvalue weighted by molar-refractivity contribution is -0.128. The van der Waals surface area contributed by atoms with Gasteiger partial charge in [-0.25, -0.2) is 0 Å². The van der Waals surface area contributed by atoms with Crippen molar-refractivity contribution in [3.05, 3.63) is 29.8 Å². The molecule has 6 nitrogen and oxygen atoms in total. The van der Waals surface area contributed by atoms with Crippen LogP contribution in [0.2, 0.25) is 0 Å². The van der Waals surface area contributed by atoms with Gasteiger partial charge in [0.15, 0.2) is 5.78 Å². The summed E-state index contributed by atoms with van der Waals surface area (Å²) in [7, 11) is 1.60. The van der Waals surface area contributed by atoms with Crippen molar-refractivity contribution in [3.8, 4) is 0 Å². The molecule has 0 radical (unpaired) electrons. The number of carbonyl (C=O) groups excluding carboxylic acids is 3. The quantitative estimate of drug-likeness (QED) is 0.586. The SMILES string of the molecule is COCCNC(=O)C1CCC(C(=O)Nc2ccc(C(C)=O)cc2)CC1. The molecule has 0 heterocycles. The first kappa shape index (κ1) is 19.1. The number of hydrogen-bond donors (Lipinski definition) is 2. The number of methoxy groups -OCH3 is 1. The fourth-order valence-corrected chi connectivity index (χ4v) is 3.07. The lowest BCUT2D eigenvalue weighted by Gasteiger charge is -2.27. The number of amides is 2. The summed E-state index contributed by atoms with van der Waals surface area (Å²) in [6.45, 7) is 2.54. The van der Waals surface area contributed by atoms with Gasteiger partial charge in [-0.15, -0.1) is 0 Å². The molecular weight excluding hydrogens is 320 g/mol. The zero-order chi connectivity index (χ0) is 18.2. The van der Waals surface area contributed by atoms with Gasteiger partial charge in [0.05, 0.1) is 6.61 Å². The van der Waals surface area contributed by atoms with Crippen molar-refractivity contribution < 1.29 is 19.1 Å². The fraction of sp³-hybridized carbons (Fsp3) is 0.526. The largest absolute Gasteiger partial charge is 0.383 e. The summed E-state index contributed by atoms with van der Waals surface area (Å²) in [4.78, 5) is 35.7. The Morgan fingerprint density at radius 2 is 1.56 bits per heavy atom. The Bertz CT molecular complexity index is 604. The number of nitrogens with one attached hydrogen (secondary N) is 2. The van der Waals surface area contributed by atoms with E-state index in [-0.39, 0.29) is 29.4 Å². The van der Waals surface area contributed by atoms with Crippen LogP contribution in [0.4, 0.5) is 5.69 Å². The molecule has 0 unspecified atom stereocenters. The van der Waals surface area contributed by atoms with Crippen molar-refractivity contribution >= 4 is 23.3 Å². The molecule has 0 atom stereocenters. The van der Waals surface area contributed by atoms with Crippen LogP contribution in [0.3, 0.4) is 0 Å². The van der Waals surface area contributed by atoms with Gasteiger partial charge in [0.25, 0.3) is 0 Å². The molecule has 136 valence electrons. The third-order valence-corrected chi connectivity index (χ3v) is 4.63. The first-order valence-corrected chi connectivity index (χ1v) is 8.69. The van der Waals surface area contributed by atoms with Crippen LogP contribution in [0.25, 0.3) is 0 Å². The fourth-order valence-electron chi connectivity index (χ4n) is 3.07. The second-order valence-corrected chi connectivity index (χ2v) is 6.46. The van der Waals surface area contributed by atoms with Crippen LogP contribution in [0.1, 0.15) is 43.0 Å². The third kappa shape index (κ3) is 5.67. The molecule has 0 aliphatic heterocycles. The van der Waals surface area contributed by atoms with Crippen LogP contribution in [-0.2, 0) is 14.3 Å². The minimum atomic E-state index is -0.0736. The number of benzene rings is 1. The predicted molar refractivity (Wildman–Crippen MR) is 95.4 cm³/mol. The van der Waals surface area contributed by atoms with Gasteiger partial charge in [0, 0.05) is 36.7 Å². The van der Waals surface area contributed by atoms with Crippen LogP contribution in [0.15, 0.2) is 24.3 Å². The first-order valence-electron chi connectivity index (χ1n) is 8.69. The van der Waals surface area contributed by atoms with Gasteiger partial charge in [0.2, 0.25) is 11.8 Å². The highest BCUT2D eigenvalue weighted by Crippen LogP contribution is 2.29. The Morgan fingerprint density at radius 1 is 1.00 bits per heavy atom. The van der Waals surface area contributed by atoms with Crippen molar-refractivity contribution in [1.29, 1.82) is 0 Å². The maximum atomic E-state index is 12.4. The normalized spacial score (nSPS) is 19.9. The average Bonchev–Trinajstić information content (AvgIpc) is 2.62. The molecule has 0 spiro atoms. The van der Waals surface area contributed by atoms with Gasteiger partial charge in [-0.3, -0.25) is 14.4 Å². The number of carbonyl (C=O) groups is 3. The highest BCUT2D eigenvalue weighted by atomic mass is 16.5. The summed E-state index contributed by atoms with van der Waals surface area (Å²) < 4.78 is 4.92. The molecule has 2 N–H and O–H groups in total. The summed E-state index contributed by atoms with van der Waals surface area (Å²) >= 11 is 0. The lowest BCUT2D eigenvalue weighted by Crippen LogP contribution is -2.36. The molecule has 2 amide bonds. The standard InChI is InChI=1S/C19H26N2O4/c1-13(22)14-7-9-17(10-8-14)21-19(24)16-5-3-15(4-6-16)18(23)20-11-12-25-2/h7-10,15-16H,3-6,11-12H2,1-2H3,(H,20,23)(H,21,24). The van der Waals surface area contributed by atoms with Gasteiger partial charge in [0.1, 0.15) is 0 Å². The summed E-state index contributed by atoms with van der Waals surface area (Å²) in [5.41, 5.74) is 1.31. The van der Waals surface area contributed by atoms with Gasteiger partial charge in [-0.1, -0.05) is 0 Å². The Morgan fingerprint density at radius 3 is 2.08 bits per heavy atom. The molecule has 0 aromatic heterocycles. The molecule has 25 heavy (non-hydrogen) atoms. The van der Waals surface area contributed by atoms with Gasteiger partial charge < -0.3 is 15.4 Å². The topological polar surface area (TPSA) is 84.5 Å². The number of hydrogen-bond acceptors (Lipinski definition) is 4. The zero-order valence-electron chi connectivity index (χ0n) is 14.8. The Balaban J connectivity index is 1.79. The minimum Gasteiger partial charge on any atom is -0.383 e. The molecule has 6 heteroatoms. The summed E-state index contributed by atoms with van der Waals surface area (Å²) in [6, 6.07) is 6.89. The molecule has 2 rings (SSSR count). The number of rotatable bonds is 7. The Hall–Kier alpha value is -2.21. The van der Waals surface area contributed by atoms with Crippen molar-refractivity contribution in [2.45, 2.75) is 32.6 Å². The van der Waals surface area contributed by atoms with Crippen LogP contribution in [0.5, 0.6) is 0 Å². The summed E-state index contributed by atoms with van der Waals surface area (Å²) in [5, 5.41) is 5.76. The maximum absolute atomic E-state index is 12.4.